The zero-order valence-electron chi connectivity index (χ0n) is 12.1. The minimum Gasteiger partial charge on any atom is -0.355 e. The maximum absolute atomic E-state index is 4.51. The van der Waals surface area contributed by atoms with Gasteiger partial charge in [-0.15, -0.1) is 10.2 Å². The van der Waals surface area contributed by atoms with Gasteiger partial charge in [0.2, 0.25) is 5.95 Å². The standard InChI is InChI=1S/C13H22N6/c1-10(2)7-14-13-16-11(3)8-19(13)6-5-12-17-15-9-18(12)4/h8-10H,5-7H2,1-4H3,(H,14,16). The minimum absolute atomic E-state index is 0.601. The van der Waals surface area contributed by atoms with E-state index in [0.29, 0.717) is 5.92 Å². The molecule has 6 nitrogen and oxygen atoms in total. The summed E-state index contributed by atoms with van der Waals surface area (Å²) in [5.74, 6) is 2.53. The SMILES string of the molecule is Cc1cn(CCc2nncn2C)c(NCC(C)C)n1. The van der Waals surface area contributed by atoms with Crippen LogP contribution < -0.4 is 5.32 Å². The van der Waals surface area contributed by atoms with E-state index in [4.69, 9.17) is 0 Å². The smallest absolute Gasteiger partial charge is 0.203 e. The van der Waals surface area contributed by atoms with Crippen LogP contribution >= 0.6 is 0 Å². The Kier molecular flexibility index (Phi) is 4.19. The predicted octanol–water partition coefficient (Wildman–Crippen LogP) is 1.63. The van der Waals surface area contributed by atoms with Gasteiger partial charge in [0.05, 0.1) is 5.69 Å². The van der Waals surface area contributed by atoms with Crippen LogP contribution in [-0.2, 0) is 20.0 Å². The van der Waals surface area contributed by atoms with Crippen molar-refractivity contribution in [1.29, 1.82) is 0 Å². The Morgan fingerprint density at radius 3 is 2.79 bits per heavy atom. The van der Waals surface area contributed by atoms with Crippen LogP contribution in [0.2, 0.25) is 0 Å². The Bertz CT molecular complexity index is 525. The molecule has 0 amide bonds. The first-order chi connectivity index (χ1) is 9.06. The third-order valence-corrected chi connectivity index (χ3v) is 2.95. The molecule has 2 aromatic rings. The van der Waals surface area contributed by atoms with Gasteiger partial charge in [-0.2, -0.15) is 0 Å². The van der Waals surface area contributed by atoms with E-state index < -0.39 is 0 Å². The Hall–Kier alpha value is -1.85. The quantitative estimate of drug-likeness (QED) is 0.859. The van der Waals surface area contributed by atoms with Gasteiger partial charge in [0, 0.05) is 32.8 Å². The fourth-order valence-corrected chi connectivity index (χ4v) is 1.91. The molecule has 2 aromatic heterocycles. The van der Waals surface area contributed by atoms with Crippen molar-refractivity contribution in [2.45, 2.75) is 33.7 Å². The maximum atomic E-state index is 4.51. The number of aryl methyl sites for hydroxylation is 4. The molecule has 104 valence electrons. The van der Waals surface area contributed by atoms with Crippen molar-refractivity contribution >= 4 is 5.95 Å². The van der Waals surface area contributed by atoms with Crippen molar-refractivity contribution in [1.82, 2.24) is 24.3 Å². The molecule has 0 spiro atoms. The Balaban J connectivity index is 2.01. The molecule has 6 heteroatoms. The van der Waals surface area contributed by atoms with Gasteiger partial charge in [-0.1, -0.05) is 13.8 Å². The molecule has 0 radical (unpaired) electrons. The number of hydrogen-bond acceptors (Lipinski definition) is 4. The molecule has 1 N–H and O–H groups in total. The molecule has 0 saturated carbocycles. The second kappa shape index (κ2) is 5.86. The van der Waals surface area contributed by atoms with Crippen molar-refractivity contribution in [3.63, 3.8) is 0 Å². The molecule has 0 saturated heterocycles. The second-order valence-electron chi connectivity index (χ2n) is 5.28. The van der Waals surface area contributed by atoms with Gasteiger partial charge in [-0.3, -0.25) is 0 Å². The van der Waals surface area contributed by atoms with Gasteiger partial charge in [0.15, 0.2) is 0 Å². The molecular formula is C13H22N6. The Morgan fingerprint density at radius 1 is 1.37 bits per heavy atom. The Labute approximate surface area is 113 Å². The largest absolute Gasteiger partial charge is 0.355 e. The van der Waals surface area contributed by atoms with E-state index in [1.807, 2.05) is 18.5 Å². The molecule has 2 heterocycles. The maximum Gasteiger partial charge on any atom is 0.203 e. The first-order valence-corrected chi connectivity index (χ1v) is 6.66. The summed E-state index contributed by atoms with van der Waals surface area (Å²) in [6.07, 6.45) is 4.65. The molecule has 0 aliphatic carbocycles. The average molecular weight is 262 g/mol. The van der Waals surface area contributed by atoms with Crippen LogP contribution in [0.15, 0.2) is 12.5 Å². The van der Waals surface area contributed by atoms with Crippen LogP contribution in [0, 0.1) is 12.8 Å². The molecule has 19 heavy (non-hydrogen) atoms. The van der Waals surface area contributed by atoms with Crippen LogP contribution in [0.3, 0.4) is 0 Å². The zero-order chi connectivity index (χ0) is 13.8. The Morgan fingerprint density at radius 2 is 2.16 bits per heavy atom. The highest BCUT2D eigenvalue weighted by Gasteiger charge is 2.07. The first kappa shape index (κ1) is 13.6. The van der Waals surface area contributed by atoms with Crippen molar-refractivity contribution in [3.05, 3.63) is 24.0 Å². The summed E-state index contributed by atoms with van der Waals surface area (Å²) < 4.78 is 4.09. The van der Waals surface area contributed by atoms with E-state index in [1.165, 1.54) is 0 Å². The third-order valence-electron chi connectivity index (χ3n) is 2.95. The normalized spacial score (nSPS) is 11.2. The number of nitrogens with one attached hydrogen (secondary N) is 1. The highest BCUT2D eigenvalue weighted by molar-refractivity contribution is 5.28. The number of hydrogen-bond donors (Lipinski definition) is 1. The molecular weight excluding hydrogens is 240 g/mol. The fraction of sp³-hybridized carbons (Fsp3) is 0.615. The van der Waals surface area contributed by atoms with Gasteiger partial charge in [-0.25, -0.2) is 4.98 Å². The van der Waals surface area contributed by atoms with E-state index in [9.17, 15) is 0 Å². The van der Waals surface area contributed by atoms with E-state index in [1.54, 1.807) is 6.33 Å². The summed E-state index contributed by atoms with van der Waals surface area (Å²) in [6, 6.07) is 0. The highest BCUT2D eigenvalue weighted by Crippen LogP contribution is 2.10. The van der Waals surface area contributed by atoms with E-state index in [-0.39, 0.29) is 0 Å². The lowest BCUT2D eigenvalue weighted by Crippen LogP contribution is -2.14. The van der Waals surface area contributed by atoms with Crippen molar-refractivity contribution in [2.24, 2.45) is 13.0 Å². The second-order valence-corrected chi connectivity index (χ2v) is 5.28. The molecule has 0 aliphatic rings. The van der Waals surface area contributed by atoms with E-state index >= 15 is 0 Å². The van der Waals surface area contributed by atoms with Gasteiger partial charge < -0.3 is 14.5 Å². The summed E-state index contributed by atoms with van der Waals surface area (Å²) in [5.41, 5.74) is 1.03. The predicted molar refractivity (Wildman–Crippen MR) is 75.0 cm³/mol. The van der Waals surface area contributed by atoms with E-state index in [2.05, 4.69) is 45.1 Å². The van der Waals surface area contributed by atoms with Crippen LogP contribution in [0.1, 0.15) is 25.4 Å². The van der Waals surface area contributed by atoms with Crippen molar-refractivity contribution in [2.75, 3.05) is 11.9 Å². The third kappa shape index (κ3) is 3.56. The molecule has 2 rings (SSSR count). The fourth-order valence-electron chi connectivity index (χ4n) is 1.91. The van der Waals surface area contributed by atoms with Crippen molar-refractivity contribution in [3.8, 4) is 0 Å². The van der Waals surface area contributed by atoms with Gasteiger partial charge in [0.25, 0.3) is 0 Å². The summed E-state index contributed by atoms with van der Waals surface area (Å²) >= 11 is 0. The summed E-state index contributed by atoms with van der Waals surface area (Å²) in [6.45, 7) is 8.17. The molecule has 0 bridgehead atoms. The summed E-state index contributed by atoms with van der Waals surface area (Å²) in [5, 5.41) is 11.4. The minimum atomic E-state index is 0.601. The average Bonchev–Trinajstić information content (AvgIpc) is 2.90. The molecule has 0 aliphatic heterocycles. The van der Waals surface area contributed by atoms with E-state index in [0.717, 1.165) is 37.0 Å². The van der Waals surface area contributed by atoms with Crippen LogP contribution in [0.5, 0.6) is 0 Å². The molecule has 0 unspecified atom stereocenters. The lowest BCUT2D eigenvalue weighted by molar-refractivity contribution is 0.638. The number of nitrogens with zero attached hydrogens (tertiary/aromatic N) is 5. The van der Waals surface area contributed by atoms with Crippen LogP contribution in [-0.4, -0.2) is 30.9 Å². The van der Waals surface area contributed by atoms with Gasteiger partial charge >= 0.3 is 0 Å². The number of anilines is 1. The summed E-state index contributed by atoms with van der Waals surface area (Å²) in [4.78, 5) is 4.51. The first-order valence-electron chi connectivity index (χ1n) is 6.66. The highest BCUT2D eigenvalue weighted by atomic mass is 15.3. The molecule has 0 aromatic carbocycles. The lowest BCUT2D eigenvalue weighted by Gasteiger charge is -2.11. The van der Waals surface area contributed by atoms with Crippen LogP contribution in [0.25, 0.3) is 0 Å². The van der Waals surface area contributed by atoms with Gasteiger partial charge in [-0.05, 0) is 12.8 Å². The number of imidazole rings is 1. The zero-order valence-corrected chi connectivity index (χ0v) is 12.1. The number of aromatic nitrogens is 5. The summed E-state index contributed by atoms with van der Waals surface area (Å²) in [7, 11) is 1.96. The molecule has 0 atom stereocenters. The lowest BCUT2D eigenvalue weighted by atomic mass is 10.2. The monoisotopic (exact) mass is 262 g/mol. The van der Waals surface area contributed by atoms with Gasteiger partial charge in [0.1, 0.15) is 12.2 Å². The molecule has 0 fully saturated rings. The number of rotatable bonds is 6. The van der Waals surface area contributed by atoms with Crippen molar-refractivity contribution < 1.29 is 0 Å². The van der Waals surface area contributed by atoms with Crippen LogP contribution in [0.4, 0.5) is 5.95 Å². The topological polar surface area (TPSA) is 60.6 Å².